The molecule has 1 heterocycles. The number of fused-ring (bicyclic) bond motifs is 1. The van der Waals surface area contributed by atoms with Crippen LogP contribution in [-0.4, -0.2) is 26.5 Å². The van der Waals surface area contributed by atoms with Crippen LogP contribution in [0.25, 0.3) is 10.9 Å². The number of benzene rings is 3. The van der Waals surface area contributed by atoms with E-state index in [9.17, 15) is 32.7 Å². The number of aromatic nitrogens is 2. The van der Waals surface area contributed by atoms with Crippen molar-refractivity contribution in [1.29, 1.82) is 0 Å². The molecule has 0 spiro atoms. The van der Waals surface area contributed by atoms with Crippen molar-refractivity contribution >= 4 is 45.7 Å². The summed E-state index contributed by atoms with van der Waals surface area (Å²) in [6, 6.07) is 11.9. The fourth-order valence-corrected chi connectivity index (χ4v) is 4.20. The second kappa shape index (κ2) is 9.83. The summed E-state index contributed by atoms with van der Waals surface area (Å²) >= 11 is 11.8. The molecule has 0 aliphatic carbocycles. The Labute approximate surface area is 216 Å². The molecule has 192 valence electrons. The Morgan fingerprint density at radius 2 is 1.70 bits per heavy atom. The Morgan fingerprint density at radius 1 is 1.05 bits per heavy atom. The van der Waals surface area contributed by atoms with Crippen molar-refractivity contribution < 1.29 is 27.8 Å². The van der Waals surface area contributed by atoms with Gasteiger partial charge in [0.15, 0.2) is 5.75 Å². The smallest absolute Gasteiger partial charge is 0.505 e. The van der Waals surface area contributed by atoms with E-state index < -0.39 is 41.6 Å². The molecule has 0 aliphatic heterocycles. The van der Waals surface area contributed by atoms with E-state index in [1.807, 2.05) is 0 Å². The number of carbonyl (C=O) groups excluding carboxylic acids is 1. The summed E-state index contributed by atoms with van der Waals surface area (Å²) in [6.45, 7) is -0.529. The highest BCUT2D eigenvalue weighted by atomic mass is 35.5. The van der Waals surface area contributed by atoms with Crippen molar-refractivity contribution in [2.75, 3.05) is 5.32 Å². The number of nitrogens with one attached hydrogen (secondary N) is 1. The largest absolute Gasteiger partial charge is 0.573 e. The molecule has 0 aliphatic rings. The molecule has 0 bridgehead atoms. The van der Waals surface area contributed by atoms with Crippen LogP contribution < -0.4 is 21.3 Å². The Kier molecular flexibility index (Phi) is 6.94. The number of phenolic OH excluding ortho intramolecular Hbond substituents is 1. The van der Waals surface area contributed by atoms with Crippen molar-refractivity contribution in [2.45, 2.75) is 12.9 Å². The van der Waals surface area contributed by atoms with Crippen LogP contribution in [0.2, 0.25) is 10.0 Å². The molecule has 0 saturated heterocycles. The normalized spacial score (nSPS) is 11.5. The highest BCUT2D eigenvalue weighted by Crippen LogP contribution is 2.33. The lowest BCUT2D eigenvalue weighted by Crippen LogP contribution is -2.39. The first-order chi connectivity index (χ1) is 17.4. The molecular weight excluding hydrogens is 538 g/mol. The van der Waals surface area contributed by atoms with Gasteiger partial charge in [0.1, 0.15) is 5.75 Å². The minimum atomic E-state index is -4.98. The third kappa shape index (κ3) is 5.27. The van der Waals surface area contributed by atoms with E-state index >= 15 is 0 Å². The summed E-state index contributed by atoms with van der Waals surface area (Å²) in [5.41, 5.74) is -1.53. The van der Waals surface area contributed by atoms with Crippen LogP contribution in [0.1, 0.15) is 15.9 Å². The van der Waals surface area contributed by atoms with Gasteiger partial charge < -0.3 is 15.2 Å². The highest BCUT2D eigenvalue weighted by molar-refractivity contribution is 6.37. The average Bonchev–Trinajstić information content (AvgIpc) is 2.83. The minimum absolute atomic E-state index is 0.0202. The van der Waals surface area contributed by atoms with Crippen LogP contribution in [0.3, 0.4) is 0 Å². The number of alkyl halides is 3. The number of amides is 1. The first-order valence-electron chi connectivity index (χ1n) is 10.4. The van der Waals surface area contributed by atoms with Crippen LogP contribution in [0.5, 0.6) is 11.5 Å². The predicted molar refractivity (Wildman–Crippen MR) is 132 cm³/mol. The lowest BCUT2D eigenvalue weighted by Gasteiger charge is -2.16. The molecule has 1 aromatic heterocycles. The lowest BCUT2D eigenvalue weighted by atomic mass is 10.1. The molecule has 2 N–H and O–H groups in total. The van der Waals surface area contributed by atoms with Gasteiger partial charge in [0.05, 0.1) is 33.2 Å². The van der Waals surface area contributed by atoms with Gasteiger partial charge in [-0.2, -0.15) is 0 Å². The summed E-state index contributed by atoms with van der Waals surface area (Å²) in [5.74, 6) is -1.69. The number of halogens is 5. The van der Waals surface area contributed by atoms with E-state index in [2.05, 4.69) is 10.1 Å². The maximum Gasteiger partial charge on any atom is 0.573 e. The van der Waals surface area contributed by atoms with Gasteiger partial charge in [-0.15, -0.1) is 13.2 Å². The van der Waals surface area contributed by atoms with Gasteiger partial charge in [0.25, 0.3) is 11.5 Å². The quantitative estimate of drug-likeness (QED) is 0.365. The summed E-state index contributed by atoms with van der Waals surface area (Å²) in [6.07, 6.45) is -4.98. The van der Waals surface area contributed by atoms with Crippen LogP contribution >= 0.6 is 23.2 Å². The van der Waals surface area contributed by atoms with Crippen molar-refractivity contribution in [1.82, 2.24) is 9.13 Å². The zero-order valence-electron chi connectivity index (χ0n) is 18.8. The minimum Gasteiger partial charge on any atom is -0.505 e. The van der Waals surface area contributed by atoms with E-state index in [0.29, 0.717) is 0 Å². The zero-order valence-corrected chi connectivity index (χ0v) is 20.3. The summed E-state index contributed by atoms with van der Waals surface area (Å²) < 4.78 is 44.5. The van der Waals surface area contributed by atoms with E-state index in [0.717, 1.165) is 15.2 Å². The fraction of sp³-hybridized carbons (Fsp3) is 0.125. The number of aromatic hydroxyl groups is 1. The monoisotopic (exact) mass is 553 g/mol. The topological polar surface area (TPSA) is 103 Å². The van der Waals surface area contributed by atoms with Crippen LogP contribution in [-0.2, 0) is 13.6 Å². The maximum atomic E-state index is 13.5. The van der Waals surface area contributed by atoms with Crippen LogP contribution in [0.4, 0.5) is 18.9 Å². The number of anilines is 1. The van der Waals surface area contributed by atoms with Gasteiger partial charge in [0, 0.05) is 18.2 Å². The molecule has 1 amide bonds. The van der Waals surface area contributed by atoms with Crippen molar-refractivity contribution in [3.8, 4) is 11.5 Å². The van der Waals surface area contributed by atoms with Gasteiger partial charge >= 0.3 is 12.1 Å². The zero-order chi connectivity index (χ0) is 27.1. The number of hydrogen-bond acceptors (Lipinski definition) is 5. The first kappa shape index (κ1) is 26.1. The van der Waals surface area contributed by atoms with Crippen LogP contribution in [0.15, 0.2) is 64.2 Å². The van der Waals surface area contributed by atoms with Crippen molar-refractivity contribution in [3.05, 3.63) is 96.6 Å². The molecule has 37 heavy (non-hydrogen) atoms. The lowest BCUT2D eigenvalue weighted by molar-refractivity contribution is -0.274. The molecule has 0 unspecified atom stereocenters. The second-order valence-electron chi connectivity index (χ2n) is 7.83. The third-order valence-electron chi connectivity index (χ3n) is 5.43. The van der Waals surface area contributed by atoms with E-state index in [-0.39, 0.29) is 37.8 Å². The molecule has 4 rings (SSSR count). The van der Waals surface area contributed by atoms with Crippen LogP contribution in [0, 0.1) is 0 Å². The number of carbonyl (C=O) groups is 1. The number of hydrogen-bond donors (Lipinski definition) is 2. The summed E-state index contributed by atoms with van der Waals surface area (Å²) in [7, 11) is 1.38. The van der Waals surface area contributed by atoms with Gasteiger partial charge in [-0.25, -0.2) is 4.79 Å². The van der Waals surface area contributed by atoms with E-state index in [4.69, 9.17) is 23.2 Å². The van der Waals surface area contributed by atoms with Gasteiger partial charge in [-0.3, -0.25) is 18.7 Å². The number of para-hydroxylation sites is 1. The Morgan fingerprint density at radius 3 is 2.35 bits per heavy atom. The second-order valence-corrected chi connectivity index (χ2v) is 8.65. The molecular formula is C24H16Cl2F3N3O5. The molecule has 0 atom stereocenters. The number of phenols is 1. The standard InChI is InChI=1S/C24H16Cl2F3N3O5/c1-31-17-7-4-6-16(30-21(34)13-9-14(25)20(33)15(26)10-13)19(17)22(35)32(23(31)36)11-12-5-2-3-8-18(12)37-24(27,28)29/h2-10,33H,11H2,1H3,(H,30,34). The highest BCUT2D eigenvalue weighted by Gasteiger charge is 2.32. The first-order valence-corrected chi connectivity index (χ1v) is 11.2. The Hall–Kier alpha value is -3.96. The van der Waals surface area contributed by atoms with Gasteiger partial charge in [-0.1, -0.05) is 47.5 Å². The fourth-order valence-electron chi connectivity index (χ4n) is 3.71. The van der Waals surface area contributed by atoms with E-state index in [1.165, 1.54) is 55.6 Å². The average molecular weight is 554 g/mol. The molecule has 0 saturated carbocycles. The molecule has 8 nitrogen and oxygen atoms in total. The van der Waals surface area contributed by atoms with Gasteiger partial charge in [0.2, 0.25) is 0 Å². The molecule has 0 radical (unpaired) electrons. The molecule has 0 fully saturated rings. The molecule has 3 aromatic carbocycles. The number of aryl methyl sites for hydroxylation is 1. The Bertz CT molecular complexity index is 1640. The Balaban J connectivity index is 1.82. The number of rotatable bonds is 5. The van der Waals surface area contributed by atoms with Crippen molar-refractivity contribution in [3.63, 3.8) is 0 Å². The number of nitrogens with zero attached hydrogens (tertiary/aromatic N) is 2. The van der Waals surface area contributed by atoms with E-state index in [1.54, 1.807) is 0 Å². The molecule has 4 aromatic rings. The predicted octanol–water partition coefficient (Wildman–Crippen LogP) is 4.91. The molecule has 13 heteroatoms. The third-order valence-corrected chi connectivity index (χ3v) is 6.01. The van der Waals surface area contributed by atoms with Crippen molar-refractivity contribution in [2.24, 2.45) is 7.05 Å². The van der Waals surface area contributed by atoms with Gasteiger partial charge in [-0.05, 0) is 30.3 Å². The summed E-state index contributed by atoms with van der Waals surface area (Å²) in [5, 5.41) is 11.9. The maximum absolute atomic E-state index is 13.5. The number of ether oxygens (including phenoxy) is 1. The summed E-state index contributed by atoms with van der Waals surface area (Å²) in [4.78, 5) is 39.3. The SMILES string of the molecule is Cn1c(=O)n(Cc2ccccc2OC(F)(F)F)c(=O)c2c(NC(=O)c3cc(Cl)c(O)c(Cl)c3)cccc21.